The number of aromatic nitrogens is 2. The van der Waals surface area contributed by atoms with Crippen molar-refractivity contribution in [2.45, 2.75) is 31.8 Å². The van der Waals surface area contributed by atoms with Crippen LogP contribution in [0.15, 0.2) is 66.9 Å². The lowest BCUT2D eigenvalue weighted by atomic mass is 10.0. The number of amides is 1. The fourth-order valence-electron chi connectivity index (χ4n) is 3.51. The molecule has 0 radical (unpaired) electrons. The lowest BCUT2D eigenvalue weighted by Gasteiger charge is -2.10. The van der Waals surface area contributed by atoms with E-state index in [-0.39, 0.29) is 12.0 Å². The summed E-state index contributed by atoms with van der Waals surface area (Å²) in [6.45, 7) is 1.41. The second-order valence-electron chi connectivity index (χ2n) is 7.09. The second kappa shape index (κ2) is 8.85. The maximum absolute atomic E-state index is 12.3. The van der Waals surface area contributed by atoms with Gasteiger partial charge in [-0.3, -0.25) is 4.79 Å². The lowest BCUT2D eigenvalue weighted by molar-refractivity contribution is -0.121. The molecule has 1 aliphatic heterocycles. The maximum atomic E-state index is 12.3. The van der Waals surface area contributed by atoms with Gasteiger partial charge in [0.25, 0.3) is 0 Å². The third-order valence-corrected chi connectivity index (χ3v) is 5.03. The third kappa shape index (κ3) is 4.49. The van der Waals surface area contributed by atoms with Gasteiger partial charge in [-0.15, -0.1) is 0 Å². The van der Waals surface area contributed by atoms with Crippen molar-refractivity contribution >= 4 is 5.91 Å². The highest BCUT2D eigenvalue weighted by molar-refractivity contribution is 5.76. The van der Waals surface area contributed by atoms with Crippen molar-refractivity contribution in [1.29, 1.82) is 0 Å². The number of aryl methyl sites for hydroxylation is 1. The van der Waals surface area contributed by atoms with E-state index in [0.29, 0.717) is 19.4 Å². The summed E-state index contributed by atoms with van der Waals surface area (Å²) in [5, 5.41) is 7.80. The predicted octanol–water partition coefficient (Wildman–Crippen LogP) is 3.77. The van der Waals surface area contributed by atoms with Gasteiger partial charge in [0.05, 0.1) is 17.5 Å². The van der Waals surface area contributed by atoms with Crippen LogP contribution in [-0.4, -0.2) is 34.9 Å². The number of carbonyl (C=O) groups is 1. The van der Waals surface area contributed by atoms with Crippen LogP contribution in [0.1, 0.15) is 24.8 Å². The summed E-state index contributed by atoms with van der Waals surface area (Å²) in [5.41, 5.74) is 4.07. The Balaban J connectivity index is 1.48. The van der Waals surface area contributed by atoms with Gasteiger partial charge in [0.15, 0.2) is 0 Å². The number of rotatable bonds is 7. The van der Waals surface area contributed by atoms with Crippen LogP contribution in [0.2, 0.25) is 0 Å². The number of hydrogen-bond acceptors (Lipinski definition) is 3. The van der Waals surface area contributed by atoms with Crippen LogP contribution in [0, 0.1) is 0 Å². The molecule has 28 heavy (non-hydrogen) atoms. The van der Waals surface area contributed by atoms with E-state index in [4.69, 9.17) is 9.84 Å². The first kappa shape index (κ1) is 18.4. The number of ether oxygens (including phenoxy) is 1. The highest BCUT2D eigenvalue weighted by atomic mass is 16.5. The van der Waals surface area contributed by atoms with Gasteiger partial charge in [0.2, 0.25) is 5.91 Å². The molecule has 3 aromatic rings. The molecule has 144 valence electrons. The molecule has 0 spiro atoms. The van der Waals surface area contributed by atoms with Crippen LogP contribution in [0.4, 0.5) is 0 Å². The molecule has 2 aromatic carbocycles. The number of nitrogens with one attached hydrogen (secondary N) is 1. The number of benzene rings is 2. The summed E-state index contributed by atoms with van der Waals surface area (Å²) < 4.78 is 7.46. The fourth-order valence-corrected chi connectivity index (χ4v) is 3.51. The molecule has 1 amide bonds. The first-order valence-corrected chi connectivity index (χ1v) is 9.87. The molecule has 1 aliphatic rings. The van der Waals surface area contributed by atoms with Crippen LogP contribution in [0.5, 0.6) is 0 Å². The molecule has 4 rings (SSSR count). The molecule has 1 fully saturated rings. The van der Waals surface area contributed by atoms with Crippen LogP contribution in [0.3, 0.4) is 0 Å². The van der Waals surface area contributed by atoms with Crippen molar-refractivity contribution in [2.24, 2.45) is 0 Å². The van der Waals surface area contributed by atoms with E-state index in [1.54, 1.807) is 0 Å². The van der Waals surface area contributed by atoms with Gasteiger partial charge in [0, 0.05) is 31.3 Å². The van der Waals surface area contributed by atoms with Crippen LogP contribution >= 0.6 is 0 Å². The third-order valence-electron chi connectivity index (χ3n) is 5.03. The fraction of sp³-hybridized carbons (Fsp3) is 0.304. The Hall–Kier alpha value is -2.92. The van der Waals surface area contributed by atoms with Gasteiger partial charge >= 0.3 is 0 Å². The Bertz CT molecular complexity index is 900. The minimum absolute atomic E-state index is 0.0574. The van der Waals surface area contributed by atoms with Gasteiger partial charge in [-0.1, -0.05) is 48.5 Å². The average molecular weight is 375 g/mol. The summed E-state index contributed by atoms with van der Waals surface area (Å²) in [6, 6.07) is 20.2. The number of para-hydroxylation sites is 1. The minimum Gasteiger partial charge on any atom is -0.376 e. The van der Waals surface area contributed by atoms with E-state index < -0.39 is 0 Å². The van der Waals surface area contributed by atoms with Crippen molar-refractivity contribution in [3.05, 3.63) is 72.4 Å². The molecule has 0 bridgehead atoms. The standard InChI is InChI=1S/C23H25N3O2/c27-22(24-16-21-12-7-15-28-21)14-13-19-17-26(20-10-5-2-6-11-20)25-23(19)18-8-3-1-4-9-18/h1-6,8-11,17,21H,7,12-16H2,(H,24,27). The van der Waals surface area contributed by atoms with Gasteiger partial charge < -0.3 is 10.1 Å². The zero-order chi connectivity index (χ0) is 19.2. The highest BCUT2D eigenvalue weighted by Crippen LogP contribution is 2.24. The first-order valence-electron chi connectivity index (χ1n) is 9.87. The van der Waals surface area contributed by atoms with Crippen LogP contribution in [-0.2, 0) is 16.0 Å². The summed E-state index contributed by atoms with van der Waals surface area (Å²) in [5.74, 6) is 0.0574. The summed E-state index contributed by atoms with van der Waals surface area (Å²) in [6.07, 6.45) is 5.40. The Morgan fingerprint density at radius 2 is 1.86 bits per heavy atom. The smallest absolute Gasteiger partial charge is 0.220 e. The van der Waals surface area contributed by atoms with Gasteiger partial charge in [0.1, 0.15) is 0 Å². The summed E-state index contributed by atoms with van der Waals surface area (Å²) in [7, 11) is 0. The SMILES string of the molecule is O=C(CCc1cn(-c2ccccc2)nc1-c1ccccc1)NCC1CCCO1. The molecular formula is C23H25N3O2. The Morgan fingerprint density at radius 1 is 1.11 bits per heavy atom. The average Bonchev–Trinajstić information content (AvgIpc) is 3.42. The molecule has 5 heteroatoms. The number of nitrogens with zero attached hydrogens (tertiary/aromatic N) is 2. The Morgan fingerprint density at radius 3 is 2.57 bits per heavy atom. The number of hydrogen-bond donors (Lipinski definition) is 1. The molecule has 1 N–H and O–H groups in total. The topological polar surface area (TPSA) is 56.2 Å². The van der Waals surface area contributed by atoms with Crippen molar-refractivity contribution in [3.63, 3.8) is 0 Å². The van der Waals surface area contributed by atoms with E-state index in [1.165, 1.54) is 0 Å². The van der Waals surface area contributed by atoms with Gasteiger partial charge in [-0.05, 0) is 37.0 Å². The Labute approximate surface area is 165 Å². The molecule has 1 saturated heterocycles. The molecule has 2 heterocycles. The molecule has 5 nitrogen and oxygen atoms in total. The summed E-state index contributed by atoms with van der Waals surface area (Å²) in [4.78, 5) is 12.3. The van der Waals surface area contributed by atoms with E-state index in [1.807, 2.05) is 59.4 Å². The van der Waals surface area contributed by atoms with Crippen molar-refractivity contribution < 1.29 is 9.53 Å². The van der Waals surface area contributed by atoms with E-state index >= 15 is 0 Å². The Kier molecular flexibility index (Phi) is 5.83. The zero-order valence-corrected chi connectivity index (χ0v) is 15.9. The first-order chi connectivity index (χ1) is 13.8. The highest BCUT2D eigenvalue weighted by Gasteiger charge is 2.17. The second-order valence-corrected chi connectivity index (χ2v) is 7.09. The predicted molar refractivity (Wildman–Crippen MR) is 109 cm³/mol. The van der Waals surface area contributed by atoms with Crippen LogP contribution in [0.25, 0.3) is 16.9 Å². The molecule has 1 unspecified atom stereocenters. The van der Waals surface area contributed by atoms with Crippen molar-refractivity contribution in [2.75, 3.05) is 13.2 Å². The van der Waals surface area contributed by atoms with Crippen LogP contribution < -0.4 is 5.32 Å². The zero-order valence-electron chi connectivity index (χ0n) is 15.9. The monoisotopic (exact) mass is 375 g/mol. The molecule has 1 atom stereocenters. The summed E-state index contributed by atoms with van der Waals surface area (Å²) >= 11 is 0. The molecule has 0 saturated carbocycles. The number of carbonyl (C=O) groups excluding carboxylic acids is 1. The van der Waals surface area contributed by atoms with Crippen molar-refractivity contribution in [3.8, 4) is 16.9 Å². The largest absolute Gasteiger partial charge is 0.376 e. The van der Waals surface area contributed by atoms with Crippen molar-refractivity contribution in [1.82, 2.24) is 15.1 Å². The molecule has 0 aliphatic carbocycles. The normalized spacial score (nSPS) is 16.2. The maximum Gasteiger partial charge on any atom is 0.220 e. The van der Waals surface area contributed by atoms with Gasteiger partial charge in [-0.25, -0.2) is 4.68 Å². The molecular weight excluding hydrogens is 350 g/mol. The van der Waals surface area contributed by atoms with E-state index in [2.05, 4.69) is 17.4 Å². The molecule has 1 aromatic heterocycles. The minimum atomic E-state index is 0.0574. The van der Waals surface area contributed by atoms with Gasteiger partial charge in [-0.2, -0.15) is 5.10 Å². The van der Waals surface area contributed by atoms with E-state index in [9.17, 15) is 4.79 Å². The van der Waals surface area contributed by atoms with E-state index in [0.717, 1.165) is 42.0 Å². The lowest BCUT2D eigenvalue weighted by Crippen LogP contribution is -2.31. The quantitative estimate of drug-likeness (QED) is 0.684.